The number of nitrogens with zero attached hydrogens (tertiary/aromatic N) is 2. The number of carbonyl (C=O) groups excluding carboxylic acids is 1. The summed E-state index contributed by atoms with van der Waals surface area (Å²) in [4.78, 5) is 17.4. The van der Waals surface area contributed by atoms with Crippen molar-refractivity contribution in [2.24, 2.45) is 10.9 Å². The van der Waals surface area contributed by atoms with Crippen LogP contribution >= 0.6 is 23.2 Å². The second-order valence-corrected chi connectivity index (χ2v) is 8.04. The summed E-state index contributed by atoms with van der Waals surface area (Å²) >= 11 is 12.0. The van der Waals surface area contributed by atoms with E-state index in [2.05, 4.69) is 15.2 Å². The molecule has 1 aromatic carbocycles. The van der Waals surface area contributed by atoms with Gasteiger partial charge >= 0.3 is 0 Å². The normalized spacial score (nSPS) is 20.8. The number of hydrogen-bond donors (Lipinski definition) is 1. The summed E-state index contributed by atoms with van der Waals surface area (Å²) in [6.45, 7) is 0.239. The van der Waals surface area contributed by atoms with Crippen LogP contribution in [0.15, 0.2) is 45.9 Å². The second-order valence-electron chi connectivity index (χ2n) is 7.22. The molecular weight excluding hydrogens is 413 g/mol. The molecule has 3 aromatic rings. The number of aliphatic imine (C=N–C) groups is 1. The Balaban J connectivity index is 1.41. The van der Waals surface area contributed by atoms with Gasteiger partial charge in [0.2, 0.25) is 0 Å². The highest BCUT2D eigenvalue weighted by molar-refractivity contribution is 6.42. The minimum absolute atomic E-state index is 0.205. The Hall–Kier alpha value is -2.57. The zero-order valence-corrected chi connectivity index (χ0v) is 16.8. The van der Waals surface area contributed by atoms with Gasteiger partial charge in [0, 0.05) is 23.8 Å². The maximum absolute atomic E-state index is 12.7. The number of fused-ring (bicyclic) bond motifs is 2. The lowest BCUT2D eigenvalue weighted by Gasteiger charge is -2.32. The van der Waals surface area contributed by atoms with Crippen LogP contribution in [-0.2, 0) is 11.4 Å². The van der Waals surface area contributed by atoms with Crippen molar-refractivity contribution in [2.75, 3.05) is 0 Å². The Labute approximate surface area is 176 Å². The number of halogens is 2. The zero-order chi connectivity index (χ0) is 20.0. The molecule has 2 unspecified atom stereocenters. The molecule has 1 saturated carbocycles. The molecule has 1 aliphatic heterocycles. The quantitative estimate of drug-likeness (QED) is 0.595. The van der Waals surface area contributed by atoms with Gasteiger partial charge < -0.3 is 9.15 Å². The van der Waals surface area contributed by atoms with Gasteiger partial charge in [0.05, 0.1) is 28.1 Å². The van der Waals surface area contributed by atoms with Crippen molar-refractivity contribution in [1.82, 2.24) is 10.2 Å². The molecule has 5 rings (SSSR count). The molecule has 8 heteroatoms. The van der Waals surface area contributed by atoms with E-state index in [4.69, 9.17) is 32.4 Å². The van der Waals surface area contributed by atoms with Gasteiger partial charge in [-0.3, -0.25) is 9.89 Å². The van der Waals surface area contributed by atoms with Crippen LogP contribution < -0.4 is 4.74 Å². The number of nitrogens with one attached hydrogen (secondary N) is 1. The number of Topliss-reactive ketones (excluding diaryl/α,β-unsaturated/α-hetero) is 1. The van der Waals surface area contributed by atoms with Crippen molar-refractivity contribution in [3.8, 4) is 5.75 Å². The lowest BCUT2D eigenvalue weighted by Crippen LogP contribution is -2.36. The van der Waals surface area contributed by atoms with Gasteiger partial charge in [-0.25, -0.2) is 4.99 Å². The van der Waals surface area contributed by atoms with E-state index in [0.717, 1.165) is 24.1 Å². The first-order chi connectivity index (χ1) is 14.1. The number of H-pyrrole nitrogens is 1. The van der Waals surface area contributed by atoms with E-state index in [1.54, 1.807) is 24.4 Å². The third-order valence-corrected chi connectivity index (χ3v) is 6.13. The maximum Gasteiger partial charge on any atom is 0.151 e. The van der Waals surface area contributed by atoms with Gasteiger partial charge in [-0.2, -0.15) is 5.10 Å². The fraction of sp³-hybridized carbons (Fsp3) is 0.286. The summed E-state index contributed by atoms with van der Waals surface area (Å²) in [7, 11) is 0. The van der Waals surface area contributed by atoms with Gasteiger partial charge in [-0.1, -0.05) is 23.2 Å². The first kappa shape index (κ1) is 18.5. The number of ether oxygens (including phenoxy) is 1. The number of furan rings is 1. The van der Waals surface area contributed by atoms with E-state index in [1.165, 1.54) is 0 Å². The summed E-state index contributed by atoms with van der Waals surface area (Å²) < 4.78 is 11.9. The summed E-state index contributed by atoms with van der Waals surface area (Å²) in [5, 5.41) is 7.96. The van der Waals surface area contributed by atoms with E-state index >= 15 is 0 Å². The number of carbonyl (C=O) groups is 1. The first-order valence-corrected chi connectivity index (χ1v) is 10.2. The first-order valence-electron chi connectivity index (χ1n) is 9.40. The Morgan fingerprint density at radius 1 is 1.14 bits per heavy atom. The number of aromatic nitrogens is 2. The predicted molar refractivity (Wildman–Crippen MR) is 109 cm³/mol. The topological polar surface area (TPSA) is 80.5 Å². The van der Waals surface area contributed by atoms with E-state index in [-0.39, 0.29) is 24.2 Å². The molecule has 0 radical (unpaired) electrons. The van der Waals surface area contributed by atoms with Gasteiger partial charge in [0.25, 0.3) is 0 Å². The van der Waals surface area contributed by atoms with Crippen LogP contribution in [0.25, 0.3) is 0 Å². The Morgan fingerprint density at radius 3 is 2.90 bits per heavy atom. The van der Waals surface area contributed by atoms with Crippen molar-refractivity contribution >= 4 is 40.5 Å². The molecule has 29 heavy (non-hydrogen) atoms. The molecule has 0 saturated heterocycles. The molecule has 1 N–H and O–H groups in total. The number of aromatic amines is 1. The summed E-state index contributed by atoms with van der Waals surface area (Å²) in [6.07, 6.45) is 3.96. The Kier molecular flexibility index (Phi) is 4.68. The van der Waals surface area contributed by atoms with Crippen LogP contribution in [0.2, 0.25) is 10.0 Å². The molecule has 0 amide bonds. The fourth-order valence-corrected chi connectivity index (χ4v) is 4.34. The average Bonchev–Trinajstić information content (AvgIpc) is 3.37. The van der Waals surface area contributed by atoms with Crippen molar-refractivity contribution in [1.29, 1.82) is 0 Å². The number of rotatable bonds is 4. The molecule has 148 valence electrons. The van der Waals surface area contributed by atoms with Gasteiger partial charge in [0.15, 0.2) is 5.82 Å². The number of hydrogen-bond acceptors (Lipinski definition) is 5. The van der Waals surface area contributed by atoms with Gasteiger partial charge in [0.1, 0.15) is 29.7 Å². The highest BCUT2D eigenvalue weighted by Crippen LogP contribution is 2.45. The number of ketones is 1. The van der Waals surface area contributed by atoms with Crippen molar-refractivity contribution in [3.05, 3.63) is 63.7 Å². The standard InChI is InChI=1S/C21H17Cl2N3O3/c22-14-6-4-11(8-15(14)23)28-10-12-5-7-18(29-12)19-13-9-24-26-21(13)25-16-2-1-3-17(27)20(16)19/h4-9,19-20H,1-3,10H2,(H,24,26). The van der Waals surface area contributed by atoms with E-state index < -0.39 is 0 Å². The maximum atomic E-state index is 12.7. The van der Waals surface area contributed by atoms with E-state index in [9.17, 15) is 4.79 Å². The molecule has 1 fully saturated rings. The summed E-state index contributed by atoms with van der Waals surface area (Å²) in [5.74, 6) is 2.38. The summed E-state index contributed by atoms with van der Waals surface area (Å²) in [6, 6.07) is 8.87. The molecule has 2 aromatic heterocycles. The molecular formula is C21H17Cl2N3O3. The molecule has 2 aliphatic rings. The Morgan fingerprint density at radius 2 is 2.03 bits per heavy atom. The number of benzene rings is 1. The minimum Gasteiger partial charge on any atom is -0.486 e. The third kappa shape index (κ3) is 3.36. The SMILES string of the molecule is O=C1CCCC2=Nc3[nH]ncc3C(c3ccc(COc4ccc(Cl)c(Cl)c4)o3)C12. The van der Waals surface area contributed by atoms with Crippen LogP contribution in [0, 0.1) is 5.92 Å². The van der Waals surface area contributed by atoms with Gasteiger partial charge in [-0.05, 0) is 37.1 Å². The van der Waals surface area contributed by atoms with Crippen LogP contribution in [0.5, 0.6) is 5.75 Å². The lowest BCUT2D eigenvalue weighted by atomic mass is 9.72. The summed E-state index contributed by atoms with van der Waals surface area (Å²) in [5.41, 5.74) is 1.80. The fourth-order valence-electron chi connectivity index (χ4n) is 4.05. The van der Waals surface area contributed by atoms with E-state index in [1.807, 2.05) is 12.1 Å². The molecule has 1 aliphatic carbocycles. The monoisotopic (exact) mass is 429 g/mol. The highest BCUT2D eigenvalue weighted by Gasteiger charge is 2.42. The van der Waals surface area contributed by atoms with Crippen molar-refractivity contribution < 1.29 is 13.9 Å². The molecule has 6 nitrogen and oxygen atoms in total. The lowest BCUT2D eigenvalue weighted by molar-refractivity contribution is -0.122. The Bertz CT molecular complexity index is 1120. The van der Waals surface area contributed by atoms with Crippen LogP contribution in [-0.4, -0.2) is 21.7 Å². The second kappa shape index (κ2) is 7.35. The van der Waals surface area contributed by atoms with Gasteiger partial charge in [-0.15, -0.1) is 0 Å². The molecule has 0 spiro atoms. The van der Waals surface area contributed by atoms with Crippen LogP contribution in [0.3, 0.4) is 0 Å². The predicted octanol–water partition coefficient (Wildman–Crippen LogP) is 5.48. The zero-order valence-electron chi connectivity index (χ0n) is 15.3. The minimum atomic E-state index is -0.288. The average molecular weight is 430 g/mol. The van der Waals surface area contributed by atoms with Crippen molar-refractivity contribution in [3.63, 3.8) is 0 Å². The third-order valence-electron chi connectivity index (χ3n) is 5.39. The molecule has 3 heterocycles. The smallest absolute Gasteiger partial charge is 0.151 e. The van der Waals surface area contributed by atoms with Crippen LogP contribution in [0.1, 0.15) is 42.3 Å². The highest BCUT2D eigenvalue weighted by atomic mass is 35.5. The van der Waals surface area contributed by atoms with Crippen LogP contribution in [0.4, 0.5) is 5.82 Å². The molecule has 2 atom stereocenters. The van der Waals surface area contributed by atoms with Crippen molar-refractivity contribution in [2.45, 2.75) is 31.8 Å². The van der Waals surface area contributed by atoms with E-state index in [0.29, 0.717) is 39.6 Å². The molecule has 0 bridgehead atoms. The largest absolute Gasteiger partial charge is 0.486 e.